The Morgan fingerprint density at radius 1 is 0.714 bits per heavy atom. The van der Waals surface area contributed by atoms with Crippen LogP contribution in [-0.2, 0) is 10.1 Å². The molecule has 0 aromatic carbocycles. The zero-order valence-corrected chi connectivity index (χ0v) is 20.6. The van der Waals surface area contributed by atoms with E-state index in [1.807, 2.05) is 20.8 Å². The number of unbranched alkanes of at least 4 members (excludes halogenated alkanes) is 13. The summed E-state index contributed by atoms with van der Waals surface area (Å²) in [5.41, 5.74) is 0.536. The standard InChI is InChI=1S/C23H46O3S.H3N/c1-6-7-8-9-10-11-12-13-14-15-16-17-18-19-20-22(23(3,4)5)21(2)27(24,25)26;/h6-20H2,1-5H3,(H,24,25,26);1H3. The Hall–Kier alpha value is -0.390. The molecule has 4 nitrogen and oxygen atoms in total. The normalized spacial score (nSPS) is 13.2. The zero-order valence-electron chi connectivity index (χ0n) is 19.7. The van der Waals surface area contributed by atoms with Crippen molar-refractivity contribution in [3.63, 3.8) is 0 Å². The highest BCUT2D eigenvalue weighted by Gasteiger charge is 2.21. The topological polar surface area (TPSA) is 93.7 Å². The second-order valence-electron chi connectivity index (χ2n) is 9.09. The first-order chi connectivity index (χ1) is 12.6. The predicted molar refractivity (Wildman–Crippen MR) is 123 cm³/mol. The van der Waals surface area contributed by atoms with Gasteiger partial charge in [0.15, 0.2) is 0 Å². The molecule has 0 aliphatic carbocycles. The number of hydrogen-bond acceptors (Lipinski definition) is 3. The second kappa shape index (κ2) is 16.4. The quantitative estimate of drug-likeness (QED) is 0.202. The van der Waals surface area contributed by atoms with Crippen molar-refractivity contribution in [3.05, 3.63) is 10.5 Å². The van der Waals surface area contributed by atoms with Gasteiger partial charge >= 0.3 is 0 Å². The Bertz CT molecular complexity index is 504. The van der Waals surface area contributed by atoms with E-state index < -0.39 is 10.1 Å². The minimum Gasteiger partial charge on any atom is -0.744 e. The lowest BCUT2D eigenvalue weighted by atomic mass is 9.83. The van der Waals surface area contributed by atoms with Gasteiger partial charge in [-0.2, -0.15) is 0 Å². The average Bonchev–Trinajstić information content (AvgIpc) is 2.56. The van der Waals surface area contributed by atoms with Crippen molar-refractivity contribution in [2.75, 3.05) is 0 Å². The van der Waals surface area contributed by atoms with Crippen LogP contribution in [0.25, 0.3) is 0 Å². The molecule has 0 aromatic heterocycles. The summed E-state index contributed by atoms with van der Waals surface area (Å²) in [5, 5.41) is 0. The van der Waals surface area contributed by atoms with Crippen molar-refractivity contribution in [2.45, 2.75) is 131 Å². The van der Waals surface area contributed by atoms with E-state index in [0.29, 0.717) is 0 Å². The van der Waals surface area contributed by atoms with Crippen molar-refractivity contribution in [1.82, 2.24) is 6.15 Å². The molecule has 28 heavy (non-hydrogen) atoms. The van der Waals surface area contributed by atoms with Crippen LogP contribution in [0.15, 0.2) is 10.5 Å². The SMILES string of the molecule is CCCCCCCCCCCCCCCCC(=C(C)S(=O)(=O)[O-])C(C)(C)C.[NH4+]. The van der Waals surface area contributed by atoms with E-state index in [0.717, 1.165) is 24.8 Å². The number of hydrogen-bond donors (Lipinski definition) is 1. The Balaban J connectivity index is 0. The molecule has 0 aliphatic rings. The van der Waals surface area contributed by atoms with E-state index in [1.54, 1.807) is 0 Å². The van der Waals surface area contributed by atoms with Crippen molar-refractivity contribution < 1.29 is 13.0 Å². The highest BCUT2D eigenvalue weighted by Crippen LogP contribution is 2.33. The van der Waals surface area contributed by atoms with Crippen LogP contribution in [0.3, 0.4) is 0 Å². The van der Waals surface area contributed by atoms with Crippen molar-refractivity contribution in [1.29, 1.82) is 0 Å². The monoisotopic (exact) mass is 419 g/mol. The van der Waals surface area contributed by atoms with Crippen molar-refractivity contribution >= 4 is 10.1 Å². The van der Waals surface area contributed by atoms with Crippen LogP contribution in [0, 0.1) is 5.41 Å². The van der Waals surface area contributed by atoms with Gasteiger partial charge in [-0.25, -0.2) is 8.42 Å². The van der Waals surface area contributed by atoms with E-state index >= 15 is 0 Å². The van der Waals surface area contributed by atoms with Gasteiger partial charge in [-0.3, -0.25) is 0 Å². The molecule has 5 heteroatoms. The van der Waals surface area contributed by atoms with Gasteiger partial charge in [-0.15, -0.1) is 0 Å². The lowest BCUT2D eigenvalue weighted by Gasteiger charge is -2.27. The first-order valence-corrected chi connectivity index (χ1v) is 12.7. The summed E-state index contributed by atoms with van der Waals surface area (Å²) in [7, 11) is -4.32. The van der Waals surface area contributed by atoms with Crippen LogP contribution in [-0.4, -0.2) is 13.0 Å². The van der Waals surface area contributed by atoms with E-state index in [-0.39, 0.29) is 16.5 Å². The Morgan fingerprint density at radius 3 is 1.32 bits per heavy atom. The fourth-order valence-corrected chi connectivity index (χ4v) is 4.44. The van der Waals surface area contributed by atoms with Crippen molar-refractivity contribution in [2.24, 2.45) is 5.41 Å². The van der Waals surface area contributed by atoms with Gasteiger partial charge in [-0.05, 0) is 25.2 Å². The summed E-state index contributed by atoms with van der Waals surface area (Å²) in [6.45, 7) is 9.69. The summed E-state index contributed by atoms with van der Waals surface area (Å²) >= 11 is 0. The number of rotatable bonds is 16. The third kappa shape index (κ3) is 15.5. The van der Waals surface area contributed by atoms with E-state index in [4.69, 9.17) is 0 Å². The Morgan fingerprint density at radius 2 is 1.04 bits per heavy atom. The molecule has 0 aliphatic heterocycles. The molecule has 0 heterocycles. The maximum absolute atomic E-state index is 11.4. The molecule has 0 aromatic rings. The van der Waals surface area contributed by atoms with Gasteiger partial charge in [0.05, 0.1) is 0 Å². The lowest BCUT2D eigenvalue weighted by Crippen LogP contribution is -2.15. The molecule has 0 radical (unpaired) electrons. The smallest absolute Gasteiger partial charge is 0.120 e. The van der Waals surface area contributed by atoms with Gasteiger partial charge in [0, 0.05) is 4.91 Å². The van der Waals surface area contributed by atoms with Crippen LogP contribution in [0.4, 0.5) is 0 Å². The van der Waals surface area contributed by atoms with Gasteiger partial charge < -0.3 is 10.7 Å². The molecule has 0 spiro atoms. The van der Waals surface area contributed by atoms with Crippen LogP contribution in [0.5, 0.6) is 0 Å². The molecule has 170 valence electrons. The van der Waals surface area contributed by atoms with E-state index in [1.165, 1.54) is 84.0 Å². The van der Waals surface area contributed by atoms with E-state index in [9.17, 15) is 13.0 Å². The lowest BCUT2D eigenvalue weighted by molar-refractivity contribution is 0.450. The molecule has 0 atom stereocenters. The van der Waals surface area contributed by atoms with Gasteiger partial charge in [0.25, 0.3) is 0 Å². The van der Waals surface area contributed by atoms with Gasteiger partial charge in [0.2, 0.25) is 0 Å². The molecular formula is C23H49NO3S. The Kier molecular flexibility index (Phi) is 17.5. The number of allylic oxidation sites excluding steroid dienone is 2. The summed E-state index contributed by atoms with van der Waals surface area (Å²) in [5.74, 6) is 0. The summed E-state index contributed by atoms with van der Waals surface area (Å²) in [6, 6.07) is 0. The zero-order chi connectivity index (χ0) is 20.8. The molecule has 0 amide bonds. The minimum absolute atomic E-state index is 0. The Labute approximate surface area is 176 Å². The molecule has 0 unspecified atom stereocenters. The third-order valence-electron chi connectivity index (χ3n) is 5.49. The molecule has 0 saturated heterocycles. The summed E-state index contributed by atoms with van der Waals surface area (Å²) < 4.78 is 34.1. The highest BCUT2D eigenvalue weighted by molar-refractivity contribution is 7.89. The first-order valence-electron chi connectivity index (χ1n) is 11.3. The predicted octanol–water partition coefficient (Wildman–Crippen LogP) is 8.10. The minimum atomic E-state index is -4.32. The molecule has 0 bridgehead atoms. The summed E-state index contributed by atoms with van der Waals surface area (Å²) in [6.07, 6.45) is 19.0. The average molecular weight is 420 g/mol. The first kappa shape index (κ1) is 29.8. The molecule has 0 rings (SSSR count). The van der Waals surface area contributed by atoms with Gasteiger partial charge in [-0.1, -0.05) is 117 Å². The largest absolute Gasteiger partial charge is 0.744 e. The highest BCUT2D eigenvalue weighted by atomic mass is 32.2. The fourth-order valence-electron chi connectivity index (χ4n) is 3.73. The summed E-state index contributed by atoms with van der Waals surface area (Å²) in [4.78, 5) is 0.0321. The van der Waals surface area contributed by atoms with Crippen LogP contribution in [0.1, 0.15) is 131 Å². The van der Waals surface area contributed by atoms with Gasteiger partial charge in [0.1, 0.15) is 10.1 Å². The number of quaternary nitrogens is 1. The molecule has 0 fully saturated rings. The van der Waals surface area contributed by atoms with Crippen LogP contribution >= 0.6 is 0 Å². The molecule has 4 N–H and O–H groups in total. The maximum atomic E-state index is 11.4. The molecular weight excluding hydrogens is 370 g/mol. The maximum Gasteiger partial charge on any atom is 0.120 e. The van der Waals surface area contributed by atoms with E-state index in [2.05, 4.69) is 6.92 Å². The van der Waals surface area contributed by atoms with Crippen molar-refractivity contribution in [3.8, 4) is 0 Å². The van der Waals surface area contributed by atoms with Crippen LogP contribution in [0.2, 0.25) is 0 Å². The molecule has 0 saturated carbocycles. The second-order valence-corrected chi connectivity index (χ2v) is 10.6. The fraction of sp³-hybridized carbons (Fsp3) is 0.913. The third-order valence-corrected chi connectivity index (χ3v) is 6.48. The van der Waals surface area contributed by atoms with Crippen LogP contribution < -0.4 is 6.15 Å².